The molecule has 0 N–H and O–H groups in total. The molecule has 0 bridgehead atoms. The minimum Gasteiger partial charge on any atom is -0.244 e. The van der Waals surface area contributed by atoms with Crippen LogP contribution in [0.1, 0.15) is 0 Å². The highest BCUT2D eigenvalue weighted by molar-refractivity contribution is 5.83. The molecule has 16 heavy (non-hydrogen) atoms. The molecule has 1 aromatic heterocycles. The second-order valence-electron chi connectivity index (χ2n) is 3.66. The maximum absolute atomic E-state index is 4.26. The van der Waals surface area contributed by atoms with E-state index in [1.807, 2.05) is 24.4 Å². The van der Waals surface area contributed by atoms with Crippen LogP contribution in [0.15, 0.2) is 61.1 Å². The third-order valence-electron chi connectivity index (χ3n) is 2.61. The molecule has 0 aliphatic heterocycles. The number of benzene rings is 2. The van der Waals surface area contributed by atoms with Gasteiger partial charge < -0.3 is 0 Å². The lowest BCUT2D eigenvalue weighted by molar-refractivity contribution is 1.22. The van der Waals surface area contributed by atoms with E-state index < -0.39 is 0 Å². The van der Waals surface area contributed by atoms with Gasteiger partial charge in [0.25, 0.3) is 0 Å². The summed E-state index contributed by atoms with van der Waals surface area (Å²) in [5, 5.41) is 1.07. The van der Waals surface area contributed by atoms with Gasteiger partial charge in [0.15, 0.2) is 0 Å². The largest absolute Gasteiger partial charge is 0.244 e. The Hall–Kier alpha value is -2.22. The molecule has 0 atom stereocenters. The second-order valence-corrected chi connectivity index (χ2v) is 3.66. The minimum atomic E-state index is 0.983. The molecule has 3 rings (SSSR count). The molecular formula is C14H10N2. The summed E-state index contributed by atoms with van der Waals surface area (Å²) in [6, 6.07) is 16.5. The van der Waals surface area contributed by atoms with Crippen LogP contribution in [0.25, 0.3) is 22.0 Å². The summed E-state index contributed by atoms with van der Waals surface area (Å²) in [6.07, 6.45) is 3.41. The van der Waals surface area contributed by atoms with Crippen LogP contribution in [0.5, 0.6) is 0 Å². The van der Waals surface area contributed by atoms with Crippen molar-refractivity contribution in [2.75, 3.05) is 0 Å². The normalized spacial score (nSPS) is 10.5. The van der Waals surface area contributed by atoms with E-state index in [0.717, 1.165) is 10.9 Å². The molecule has 2 heteroatoms. The molecule has 0 saturated carbocycles. The molecule has 2 aromatic carbocycles. The molecule has 0 amide bonds. The molecule has 3 aromatic rings. The first-order valence-corrected chi connectivity index (χ1v) is 5.19. The molecule has 1 heterocycles. The molecule has 0 radical (unpaired) electrons. The zero-order valence-electron chi connectivity index (χ0n) is 8.67. The van der Waals surface area contributed by atoms with Crippen LogP contribution in [0.2, 0.25) is 0 Å². The van der Waals surface area contributed by atoms with Gasteiger partial charge in [0, 0.05) is 11.6 Å². The quantitative estimate of drug-likeness (QED) is 0.610. The summed E-state index contributed by atoms with van der Waals surface area (Å²) in [7, 11) is 0. The van der Waals surface area contributed by atoms with Gasteiger partial charge in [-0.3, -0.25) is 0 Å². The third kappa shape index (κ3) is 1.54. The minimum absolute atomic E-state index is 0.983. The van der Waals surface area contributed by atoms with E-state index in [9.17, 15) is 0 Å². The van der Waals surface area contributed by atoms with E-state index in [-0.39, 0.29) is 0 Å². The van der Waals surface area contributed by atoms with Crippen molar-refractivity contribution < 1.29 is 0 Å². The summed E-state index contributed by atoms with van der Waals surface area (Å²) < 4.78 is 0. The summed E-state index contributed by atoms with van der Waals surface area (Å²) in [5.74, 6) is 0. The fourth-order valence-corrected chi connectivity index (χ4v) is 1.78. The van der Waals surface area contributed by atoms with Gasteiger partial charge in [0.1, 0.15) is 6.33 Å². The monoisotopic (exact) mass is 206 g/mol. The highest BCUT2D eigenvalue weighted by atomic mass is 14.8. The lowest BCUT2D eigenvalue weighted by Crippen LogP contribution is -1.82. The van der Waals surface area contributed by atoms with Crippen molar-refractivity contribution in [1.82, 2.24) is 9.97 Å². The van der Waals surface area contributed by atoms with Crippen molar-refractivity contribution in [3.05, 3.63) is 61.1 Å². The van der Waals surface area contributed by atoms with Crippen LogP contribution in [0.4, 0.5) is 0 Å². The van der Waals surface area contributed by atoms with Crippen molar-refractivity contribution in [2.45, 2.75) is 0 Å². The van der Waals surface area contributed by atoms with Crippen LogP contribution >= 0.6 is 0 Å². The fourth-order valence-electron chi connectivity index (χ4n) is 1.78. The number of hydrogen-bond donors (Lipinski definition) is 0. The molecule has 0 spiro atoms. The Morgan fingerprint density at radius 2 is 1.69 bits per heavy atom. The van der Waals surface area contributed by atoms with Crippen LogP contribution < -0.4 is 0 Å². The van der Waals surface area contributed by atoms with Gasteiger partial charge in [0.05, 0.1) is 5.52 Å². The average molecular weight is 206 g/mol. The van der Waals surface area contributed by atoms with Crippen molar-refractivity contribution in [2.24, 2.45) is 0 Å². The molecule has 76 valence electrons. The third-order valence-corrected chi connectivity index (χ3v) is 2.61. The summed E-state index contributed by atoms with van der Waals surface area (Å²) in [4.78, 5) is 8.26. The predicted octanol–water partition coefficient (Wildman–Crippen LogP) is 3.30. The number of aromatic nitrogens is 2. The molecule has 0 aliphatic rings. The highest BCUT2D eigenvalue weighted by Gasteiger charge is 1.99. The van der Waals surface area contributed by atoms with Gasteiger partial charge in [-0.15, -0.1) is 0 Å². The first-order chi connectivity index (χ1) is 7.93. The lowest BCUT2D eigenvalue weighted by Gasteiger charge is -2.02. The van der Waals surface area contributed by atoms with E-state index in [1.54, 1.807) is 6.33 Å². The molecule has 0 unspecified atom stereocenters. The van der Waals surface area contributed by atoms with Crippen LogP contribution in [0, 0.1) is 0 Å². The molecule has 0 fully saturated rings. The van der Waals surface area contributed by atoms with Crippen molar-refractivity contribution in [1.29, 1.82) is 0 Å². The Balaban J connectivity index is 2.19. The topological polar surface area (TPSA) is 25.8 Å². The lowest BCUT2D eigenvalue weighted by atomic mass is 10.0. The summed E-state index contributed by atoms with van der Waals surface area (Å²) in [5.41, 5.74) is 3.38. The first kappa shape index (κ1) is 9.04. The average Bonchev–Trinajstić information content (AvgIpc) is 2.39. The van der Waals surface area contributed by atoms with Gasteiger partial charge in [-0.1, -0.05) is 42.5 Å². The van der Waals surface area contributed by atoms with Crippen LogP contribution in [0.3, 0.4) is 0 Å². The van der Waals surface area contributed by atoms with Gasteiger partial charge in [0.2, 0.25) is 0 Å². The van der Waals surface area contributed by atoms with Crippen LogP contribution in [-0.4, -0.2) is 9.97 Å². The van der Waals surface area contributed by atoms with E-state index in [4.69, 9.17) is 0 Å². The number of rotatable bonds is 1. The smallest absolute Gasteiger partial charge is 0.116 e. The zero-order chi connectivity index (χ0) is 10.8. The van der Waals surface area contributed by atoms with E-state index >= 15 is 0 Å². The SMILES string of the molecule is c1ccc(-c2ccc3cncnc3c2)cc1. The van der Waals surface area contributed by atoms with Gasteiger partial charge in [-0.05, 0) is 17.2 Å². The van der Waals surface area contributed by atoms with Gasteiger partial charge >= 0.3 is 0 Å². The Labute approximate surface area is 93.6 Å². The Kier molecular flexibility index (Phi) is 2.11. The standard InChI is InChI=1S/C14H10N2/c1-2-4-11(5-3-1)12-6-7-13-9-15-10-16-14(13)8-12/h1-10H. The fraction of sp³-hybridized carbons (Fsp3) is 0. The van der Waals surface area contributed by atoms with E-state index in [1.165, 1.54) is 11.1 Å². The highest BCUT2D eigenvalue weighted by Crippen LogP contribution is 2.22. The van der Waals surface area contributed by atoms with Gasteiger partial charge in [-0.25, -0.2) is 9.97 Å². The number of hydrogen-bond acceptors (Lipinski definition) is 2. The van der Waals surface area contributed by atoms with E-state index in [2.05, 4.69) is 40.3 Å². The predicted molar refractivity (Wildman–Crippen MR) is 65.0 cm³/mol. The Morgan fingerprint density at radius 1 is 0.812 bits per heavy atom. The van der Waals surface area contributed by atoms with Crippen molar-refractivity contribution in [3.8, 4) is 11.1 Å². The van der Waals surface area contributed by atoms with Crippen molar-refractivity contribution in [3.63, 3.8) is 0 Å². The molecular weight excluding hydrogens is 196 g/mol. The van der Waals surface area contributed by atoms with Crippen molar-refractivity contribution >= 4 is 10.9 Å². The first-order valence-electron chi connectivity index (χ1n) is 5.19. The van der Waals surface area contributed by atoms with Crippen LogP contribution in [-0.2, 0) is 0 Å². The number of fused-ring (bicyclic) bond motifs is 1. The summed E-state index contributed by atoms with van der Waals surface area (Å²) >= 11 is 0. The second kappa shape index (κ2) is 3.74. The maximum Gasteiger partial charge on any atom is 0.116 e. The Bertz CT molecular complexity index is 618. The Morgan fingerprint density at radius 3 is 2.56 bits per heavy atom. The molecule has 0 saturated heterocycles. The number of nitrogens with zero attached hydrogens (tertiary/aromatic N) is 2. The molecule has 0 aliphatic carbocycles. The zero-order valence-corrected chi connectivity index (χ0v) is 8.67. The maximum atomic E-state index is 4.26. The molecule has 2 nitrogen and oxygen atoms in total. The summed E-state index contributed by atoms with van der Waals surface area (Å²) in [6.45, 7) is 0. The van der Waals surface area contributed by atoms with E-state index in [0.29, 0.717) is 0 Å². The van der Waals surface area contributed by atoms with Gasteiger partial charge in [-0.2, -0.15) is 0 Å².